The van der Waals surface area contributed by atoms with E-state index >= 15 is 0 Å². The van der Waals surface area contributed by atoms with Gasteiger partial charge in [0, 0.05) is 0 Å². The Bertz CT molecular complexity index is 236. The van der Waals surface area contributed by atoms with Gasteiger partial charge in [0.1, 0.15) is 6.10 Å². The highest BCUT2D eigenvalue weighted by Crippen LogP contribution is 2.30. The monoisotopic (exact) mass is 257 g/mol. The number of hydrogen-bond acceptors (Lipinski definition) is 9. The molecule has 0 aliphatic carbocycles. The van der Waals surface area contributed by atoms with E-state index in [4.69, 9.17) is 31.3 Å². The molecule has 0 aliphatic rings. The van der Waals surface area contributed by atoms with Crippen LogP contribution in [0.2, 0.25) is 0 Å². The summed E-state index contributed by atoms with van der Waals surface area (Å²) in [6.07, 6.45) is -1.77. The number of unbranched alkanes of at least 4 members (excludes halogenated alkanes) is 1. The third-order valence-corrected chi connectivity index (χ3v) is 2.38. The van der Waals surface area contributed by atoms with Crippen LogP contribution < -0.4 is 5.73 Å². The van der Waals surface area contributed by atoms with Gasteiger partial charge in [0.2, 0.25) is 0 Å². The molecule has 0 aromatic rings. The van der Waals surface area contributed by atoms with Gasteiger partial charge >= 0.3 is 11.8 Å². The summed E-state index contributed by atoms with van der Waals surface area (Å²) in [5.41, 5.74) is 5.15. The first kappa shape index (κ1) is 16.6. The lowest BCUT2D eigenvalue weighted by molar-refractivity contribution is -0.517. The summed E-state index contributed by atoms with van der Waals surface area (Å²) < 4.78 is 0. The van der Waals surface area contributed by atoms with Gasteiger partial charge in [-0.3, -0.25) is 0 Å². The Hall–Kier alpha value is -0.360. The number of nitrogens with two attached hydrogens (primary N) is 1. The van der Waals surface area contributed by atoms with Gasteiger partial charge in [-0.05, 0) is 25.8 Å². The summed E-state index contributed by atoms with van der Waals surface area (Å²) in [5, 5.41) is 71.5. The van der Waals surface area contributed by atoms with Crippen molar-refractivity contribution < 1.29 is 40.9 Å². The Morgan fingerprint density at radius 3 is 1.71 bits per heavy atom. The molecule has 0 radical (unpaired) electrons. The molecule has 0 spiro atoms. The third kappa shape index (κ3) is 3.55. The first-order valence-electron chi connectivity index (χ1n) is 4.93. The molecule has 1 atom stereocenters. The second-order valence-corrected chi connectivity index (χ2v) is 3.83. The zero-order valence-corrected chi connectivity index (χ0v) is 9.06. The summed E-state index contributed by atoms with van der Waals surface area (Å²) in [5.74, 6) is -12.1. The molecule has 0 heterocycles. The summed E-state index contributed by atoms with van der Waals surface area (Å²) in [6.45, 7) is 0.282. The van der Waals surface area contributed by atoms with Crippen molar-refractivity contribution in [2.45, 2.75) is 42.9 Å². The summed E-state index contributed by atoms with van der Waals surface area (Å²) in [7, 11) is 0. The molecule has 9 nitrogen and oxygen atoms in total. The van der Waals surface area contributed by atoms with Gasteiger partial charge in [0.25, 0.3) is 5.79 Å². The highest BCUT2D eigenvalue weighted by molar-refractivity contribution is 4.92. The molecule has 1 unspecified atom stereocenters. The zero-order valence-electron chi connectivity index (χ0n) is 9.06. The molecule has 0 aromatic carbocycles. The Labute approximate surface area is 97.0 Å². The van der Waals surface area contributed by atoms with Crippen LogP contribution in [0.4, 0.5) is 0 Å². The van der Waals surface area contributed by atoms with Gasteiger partial charge in [-0.2, -0.15) is 0 Å². The average Bonchev–Trinajstić information content (AvgIpc) is 2.15. The van der Waals surface area contributed by atoms with E-state index in [1.807, 2.05) is 0 Å². The van der Waals surface area contributed by atoms with Crippen LogP contribution >= 0.6 is 0 Å². The van der Waals surface area contributed by atoms with E-state index in [0.717, 1.165) is 0 Å². The predicted octanol–water partition coefficient (Wildman–Crippen LogP) is -4.53. The number of aliphatic hydroxyl groups is 8. The second-order valence-electron chi connectivity index (χ2n) is 3.83. The molecular formula is C8H19NO8. The van der Waals surface area contributed by atoms with Crippen LogP contribution in [0.3, 0.4) is 0 Å². The van der Waals surface area contributed by atoms with E-state index in [2.05, 4.69) is 0 Å². The number of rotatable bonds is 7. The van der Waals surface area contributed by atoms with Crippen LogP contribution in [0, 0.1) is 0 Å². The summed E-state index contributed by atoms with van der Waals surface area (Å²) in [4.78, 5) is 0. The van der Waals surface area contributed by atoms with Gasteiger partial charge < -0.3 is 46.6 Å². The van der Waals surface area contributed by atoms with Crippen molar-refractivity contribution in [2.75, 3.05) is 6.54 Å². The standard InChI is InChI=1S/C8H19NO8/c9-4-2-1-3-5(10)6(11,12)7(13,14)8(15,16)17/h5,10-17H,1-4,9H2. The Kier molecular flexibility index (Phi) is 5.40. The molecule has 0 aliphatic heterocycles. The highest BCUT2D eigenvalue weighted by atomic mass is 16.7. The zero-order chi connectivity index (χ0) is 13.9. The van der Waals surface area contributed by atoms with E-state index < -0.39 is 23.7 Å². The van der Waals surface area contributed by atoms with Crippen molar-refractivity contribution in [3.05, 3.63) is 0 Å². The van der Waals surface area contributed by atoms with E-state index in [-0.39, 0.29) is 19.4 Å². The Balaban J connectivity index is 4.75. The van der Waals surface area contributed by atoms with Crippen molar-refractivity contribution in [3.63, 3.8) is 0 Å². The summed E-state index contributed by atoms with van der Waals surface area (Å²) in [6, 6.07) is 0. The maximum absolute atomic E-state index is 9.31. The highest BCUT2D eigenvalue weighted by Gasteiger charge is 2.64. The number of hydrogen-bond donors (Lipinski definition) is 9. The van der Waals surface area contributed by atoms with Crippen molar-refractivity contribution in [3.8, 4) is 0 Å². The minimum atomic E-state index is -4.22. The van der Waals surface area contributed by atoms with Crippen LogP contribution in [0.25, 0.3) is 0 Å². The first-order valence-corrected chi connectivity index (χ1v) is 4.93. The van der Waals surface area contributed by atoms with Crippen molar-refractivity contribution in [1.29, 1.82) is 0 Å². The van der Waals surface area contributed by atoms with Crippen LogP contribution in [0.1, 0.15) is 19.3 Å². The van der Waals surface area contributed by atoms with E-state index in [0.29, 0.717) is 6.42 Å². The molecule has 17 heavy (non-hydrogen) atoms. The van der Waals surface area contributed by atoms with Crippen LogP contribution in [0.5, 0.6) is 0 Å². The smallest absolute Gasteiger partial charge is 0.338 e. The molecule has 0 fully saturated rings. The second kappa shape index (κ2) is 5.52. The quantitative estimate of drug-likeness (QED) is 0.160. The lowest BCUT2D eigenvalue weighted by Gasteiger charge is -2.41. The first-order chi connectivity index (χ1) is 7.48. The molecular weight excluding hydrogens is 238 g/mol. The van der Waals surface area contributed by atoms with Gasteiger partial charge in [0.15, 0.2) is 0 Å². The normalized spacial score (nSPS) is 16.1. The van der Waals surface area contributed by atoms with Gasteiger partial charge in [-0.15, -0.1) is 0 Å². The van der Waals surface area contributed by atoms with Crippen LogP contribution in [0.15, 0.2) is 0 Å². The molecule has 0 bridgehead atoms. The fraction of sp³-hybridized carbons (Fsp3) is 1.00. The minimum Gasteiger partial charge on any atom is -0.387 e. The molecule has 0 amide bonds. The molecule has 0 rings (SSSR count). The van der Waals surface area contributed by atoms with Gasteiger partial charge in [-0.1, -0.05) is 0 Å². The van der Waals surface area contributed by atoms with Crippen molar-refractivity contribution in [1.82, 2.24) is 0 Å². The lowest BCUT2D eigenvalue weighted by Crippen LogP contribution is -2.72. The van der Waals surface area contributed by atoms with Gasteiger partial charge in [-0.25, -0.2) is 0 Å². The third-order valence-electron chi connectivity index (χ3n) is 2.38. The Morgan fingerprint density at radius 1 is 0.882 bits per heavy atom. The largest absolute Gasteiger partial charge is 0.387 e. The van der Waals surface area contributed by atoms with E-state index in [1.54, 1.807) is 0 Å². The topological polar surface area (TPSA) is 188 Å². The molecule has 0 aromatic heterocycles. The molecule has 9 heteroatoms. The average molecular weight is 257 g/mol. The van der Waals surface area contributed by atoms with Gasteiger partial charge in [0.05, 0.1) is 0 Å². The SMILES string of the molecule is NCCCCC(O)C(O)(O)C(O)(O)C(O)(O)O. The predicted molar refractivity (Wildman–Crippen MR) is 52.6 cm³/mol. The van der Waals surface area contributed by atoms with Crippen molar-refractivity contribution in [2.24, 2.45) is 5.73 Å². The summed E-state index contributed by atoms with van der Waals surface area (Å²) >= 11 is 0. The Morgan fingerprint density at radius 2 is 1.35 bits per heavy atom. The maximum Gasteiger partial charge on any atom is 0.338 e. The van der Waals surface area contributed by atoms with E-state index in [9.17, 15) is 15.3 Å². The van der Waals surface area contributed by atoms with Crippen LogP contribution in [-0.2, 0) is 0 Å². The molecule has 104 valence electrons. The van der Waals surface area contributed by atoms with Crippen LogP contribution in [-0.4, -0.2) is 71.0 Å². The minimum absolute atomic E-state index is 0.228. The molecule has 0 saturated heterocycles. The fourth-order valence-corrected chi connectivity index (χ4v) is 1.16. The molecule has 0 saturated carbocycles. The lowest BCUT2D eigenvalue weighted by atomic mass is 9.94. The molecule has 10 N–H and O–H groups in total. The van der Waals surface area contributed by atoms with Crippen molar-refractivity contribution >= 4 is 0 Å². The van der Waals surface area contributed by atoms with E-state index in [1.165, 1.54) is 0 Å². The fourth-order valence-electron chi connectivity index (χ4n) is 1.16. The number of aliphatic hydroxyl groups excluding tert-OH is 1. The maximum atomic E-state index is 9.31.